The molecule has 3 rings (SSSR count). The van der Waals surface area contributed by atoms with E-state index in [2.05, 4.69) is 10.3 Å². The van der Waals surface area contributed by atoms with Crippen LogP contribution in [0.3, 0.4) is 0 Å². The molecule has 0 aliphatic carbocycles. The van der Waals surface area contributed by atoms with E-state index in [9.17, 15) is 4.79 Å². The molecule has 0 saturated heterocycles. The lowest BCUT2D eigenvalue weighted by atomic mass is 10.1. The van der Waals surface area contributed by atoms with Gasteiger partial charge in [-0.15, -0.1) is 0 Å². The third-order valence-electron chi connectivity index (χ3n) is 4.23. The van der Waals surface area contributed by atoms with Crippen molar-refractivity contribution in [3.63, 3.8) is 0 Å². The number of nitrogens with one attached hydrogen (secondary N) is 2. The average molecular weight is 375 g/mol. The second-order valence-electron chi connectivity index (χ2n) is 5.64. The zero-order valence-electron chi connectivity index (χ0n) is 14.9. The van der Waals surface area contributed by atoms with Crippen molar-refractivity contribution in [2.24, 2.45) is 0 Å². The largest absolute Gasteiger partial charge is 0.493 e. The number of fused-ring (bicyclic) bond motifs is 1. The Labute approximate surface area is 156 Å². The quantitative estimate of drug-likeness (QED) is 0.694. The fraction of sp³-hybridized carbons (Fsp3) is 0.211. The Morgan fingerprint density at radius 2 is 1.85 bits per heavy atom. The number of halogens is 1. The van der Waals surface area contributed by atoms with E-state index in [-0.39, 0.29) is 5.91 Å². The first-order valence-corrected chi connectivity index (χ1v) is 8.26. The molecule has 1 amide bonds. The maximum Gasteiger partial charge on any atom is 0.257 e. The van der Waals surface area contributed by atoms with Gasteiger partial charge in [0.2, 0.25) is 5.75 Å². The lowest BCUT2D eigenvalue weighted by Gasteiger charge is -2.14. The smallest absolute Gasteiger partial charge is 0.257 e. The molecule has 0 radical (unpaired) electrons. The van der Waals surface area contributed by atoms with E-state index in [4.69, 9.17) is 25.8 Å². The molecular weight excluding hydrogens is 356 g/mol. The van der Waals surface area contributed by atoms with Crippen LogP contribution in [0.1, 0.15) is 15.9 Å². The molecule has 26 heavy (non-hydrogen) atoms. The van der Waals surface area contributed by atoms with Gasteiger partial charge in [0, 0.05) is 23.0 Å². The van der Waals surface area contributed by atoms with E-state index in [1.807, 2.05) is 6.92 Å². The number of aromatic amines is 1. The van der Waals surface area contributed by atoms with E-state index >= 15 is 0 Å². The molecule has 2 N–H and O–H groups in total. The lowest BCUT2D eigenvalue weighted by Crippen LogP contribution is -2.12. The van der Waals surface area contributed by atoms with Gasteiger partial charge in [0.1, 0.15) is 0 Å². The molecule has 1 heterocycles. The van der Waals surface area contributed by atoms with Crippen molar-refractivity contribution in [3.05, 3.63) is 46.6 Å². The predicted octanol–water partition coefficient (Wildman–Crippen LogP) is 4.41. The van der Waals surface area contributed by atoms with Crippen LogP contribution in [0.2, 0.25) is 5.02 Å². The van der Waals surface area contributed by atoms with Crippen LogP contribution in [0.25, 0.3) is 10.9 Å². The van der Waals surface area contributed by atoms with Gasteiger partial charge in [0.05, 0.1) is 37.8 Å². The first-order chi connectivity index (χ1) is 12.5. The summed E-state index contributed by atoms with van der Waals surface area (Å²) in [6.45, 7) is 1.85. The molecular formula is C19H19ClN2O4. The number of methoxy groups -OCH3 is 3. The van der Waals surface area contributed by atoms with Crippen LogP contribution < -0.4 is 19.5 Å². The summed E-state index contributed by atoms with van der Waals surface area (Å²) in [5, 5.41) is 4.09. The normalized spacial score (nSPS) is 10.7. The molecule has 0 spiro atoms. The van der Waals surface area contributed by atoms with Crippen LogP contribution in [0.15, 0.2) is 30.5 Å². The number of rotatable bonds is 5. The molecule has 0 aliphatic heterocycles. The molecule has 7 heteroatoms. The molecule has 0 aliphatic rings. The van der Waals surface area contributed by atoms with Gasteiger partial charge in [-0.2, -0.15) is 0 Å². The third kappa shape index (κ3) is 2.93. The van der Waals surface area contributed by atoms with Gasteiger partial charge in [-0.25, -0.2) is 0 Å². The Morgan fingerprint density at radius 3 is 2.50 bits per heavy atom. The van der Waals surface area contributed by atoms with E-state index in [1.54, 1.807) is 37.6 Å². The summed E-state index contributed by atoms with van der Waals surface area (Å²) < 4.78 is 16.3. The minimum atomic E-state index is -0.285. The van der Waals surface area contributed by atoms with E-state index in [0.717, 1.165) is 5.56 Å². The lowest BCUT2D eigenvalue weighted by molar-refractivity contribution is 0.102. The molecule has 0 bridgehead atoms. The fourth-order valence-corrected chi connectivity index (χ4v) is 3.05. The number of hydrogen-bond acceptors (Lipinski definition) is 4. The van der Waals surface area contributed by atoms with Gasteiger partial charge in [-0.05, 0) is 24.6 Å². The zero-order chi connectivity index (χ0) is 18.8. The molecule has 2 aromatic carbocycles. The third-order valence-corrected chi connectivity index (χ3v) is 4.64. The minimum Gasteiger partial charge on any atom is -0.493 e. The van der Waals surface area contributed by atoms with Crippen LogP contribution in [0.4, 0.5) is 5.69 Å². The SMILES string of the molecule is COc1cc2[nH]cc(C(=O)Nc3cccc(Cl)c3C)c2c(OC)c1OC. The monoisotopic (exact) mass is 374 g/mol. The molecule has 0 saturated carbocycles. The number of benzene rings is 2. The van der Waals surface area contributed by atoms with Gasteiger partial charge >= 0.3 is 0 Å². The number of aromatic nitrogens is 1. The standard InChI is InChI=1S/C19H19ClN2O4/c1-10-12(20)6-5-7-13(10)22-19(23)11-9-21-14-8-15(24-2)17(25-3)18(26-4)16(11)14/h5-9,21H,1-4H3,(H,22,23). The van der Waals surface area contributed by atoms with Gasteiger partial charge in [-0.3, -0.25) is 4.79 Å². The van der Waals surface area contributed by atoms with Crippen LogP contribution in [0, 0.1) is 6.92 Å². The summed E-state index contributed by atoms with van der Waals surface area (Å²) >= 11 is 6.13. The highest BCUT2D eigenvalue weighted by Gasteiger charge is 2.23. The second kappa shape index (κ2) is 7.17. The summed E-state index contributed by atoms with van der Waals surface area (Å²) in [7, 11) is 4.59. The Bertz CT molecular complexity index is 981. The van der Waals surface area contributed by atoms with Crippen molar-refractivity contribution >= 4 is 34.1 Å². The molecule has 0 atom stereocenters. The summed E-state index contributed by atoms with van der Waals surface area (Å²) in [6.07, 6.45) is 1.63. The van der Waals surface area contributed by atoms with Gasteiger partial charge in [0.25, 0.3) is 5.91 Å². The van der Waals surface area contributed by atoms with Crippen LogP contribution in [-0.2, 0) is 0 Å². The first-order valence-electron chi connectivity index (χ1n) is 7.88. The number of carbonyl (C=O) groups excluding carboxylic acids is 1. The van der Waals surface area contributed by atoms with E-state index < -0.39 is 0 Å². The van der Waals surface area contributed by atoms with E-state index in [1.165, 1.54) is 14.2 Å². The highest BCUT2D eigenvalue weighted by atomic mass is 35.5. The van der Waals surface area contributed by atoms with Crippen molar-refractivity contribution in [3.8, 4) is 17.2 Å². The zero-order valence-corrected chi connectivity index (χ0v) is 15.7. The Morgan fingerprint density at radius 1 is 1.12 bits per heavy atom. The number of carbonyl (C=O) groups is 1. The molecule has 0 unspecified atom stereocenters. The van der Waals surface area contributed by atoms with Crippen molar-refractivity contribution in [1.29, 1.82) is 0 Å². The number of ether oxygens (including phenoxy) is 3. The molecule has 6 nitrogen and oxygen atoms in total. The van der Waals surface area contributed by atoms with Crippen LogP contribution in [0.5, 0.6) is 17.2 Å². The topological polar surface area (TPSA) is 72.6 Å². The maximum atomic E-state index is 12.9. The van der Waals surface area contributed by atoms with Crippen LogP contribution >= 0.6 is 11.6 Å². The number of anilines is 1. The van der Waals surface area contributed by atoms with Gasteiger partial charge < -0.3 is 24.5 Å². The highest BCUT2D eigenvalue weighted by molar-refractivity contribution is 6.31. The van der Waals surface area contributed by atoms with Crippen molar-refractivity contribution in [2.75, 3.05) is 26.6 Å². The number of amides is 1. The van der Waals surface area contributed by atoms with Gasteiger partial charge in [-0.1, -0.05) is 17.7 Å². The molecule has 3 aromatic rings. The Hall–Kier alpha value is -2.86. The number of hydrogen-bond donors (Lipinski definition) is 2. The predicted molar refractivity (Wildman–Crippen MR) is 102 cm³/mol. The van der Waals surface area contributed by atoms with Crippen molar-refractivity contribution in [1.82, 2.24) is 4.98 Å². The van der Waals surface area contributed by atoms with Gasteiger partial charge in [0.15, 0.2) is 11.5 Å². The van der Waals surface area contributed by atoms with Crippen LogP contribution in [-0.4, -0.2) is 32.2 Å². The summed E-state index contributed by atoms with van der Waals surface area (Å²) in [5.41, 5.74) is 2.58. The fourth-order valence-electron chi connectivity index (χ4n) is 2.87. The first kappa shape index (κ1) is 17.9. The molecule has 0 fully saturated rings. The Balaban J connectivity index is 2.10. The summed E-state index contributed by atoms with van der Waals surface area (Å²) in [6, 6.07) is 7.12. The maximum absolute atomic E-state index is 12.9. The average Bonchev–Trinajstić information content (AvgIpc) is 3.07. The summed E-state index contributed by atoms with van der Waals surface area (Å²) in [4.78, 5) is 16.0. The highest BCUT2D eigenvalue weighted by Crippen LogP contribution is 2.44. The second-order valence-corrected chi connectivity index (χ2v) is 6.04. The molecule has 1 aromatic heterocycles. The van der Waals surface area contributed by atoms with Crippen molar-refractivity contribution < 1.29 is 19.0 Å². The Kier molecular flexibility index (Phi) is 4.95. The van der Waals surface area contributed by atoms with Crippen molar-refractivity contribution in [2.45, 2.75) is 6.92 Å². The summed E-state index contributed by atoms with van der Waals surface area (Å²) in [5.74, 6) is 1.08. The number of H-pyrrole nitrogens is 1. The minimum absolute atomic E-state index is 0.285. The molecule has 136 valence electrons. The van der Waals surface area contributed by atoms with E-state index in [0.29, 0.717) is 44.4 Å².